The minimum absolute atomic E-state index is 0. The predicted octanol–water partition coefficient (Wildman–Crippen LogP) is 8.34. The average molecular weight is 949 g/mol. The van der Waals surface area contributed by atoms with Gasteiger partial charge < -0.3 is 34.6 Å². The van der Waals surface area contributed by atoms with Crippen LogP contribution in [0.15, 0.2) is 255 Å². The summed E-state index contributed by atoms with van der Waals surface area (Å²) in [4.78, 5) is 4.96. The summed E-state index contributed by atoms with van der Waals surface area (Å²) in [6.45, 7) is 3.44. The molecule has 0 saturated heterocycles. The van der Waals surface area contributed by atoms with Gasteiger partial charge in [-0.25, -0.2) is 12.1 Å². The van der Waals surface area contributed by atoms with Gasteiger partial charge >= 0.3 is 99.2 Å². The van der Waals surface area contributed by atoms with Crippen LogP contribution in [0.25, 0.3) is 21.5 Å². The van der Waals surface area contributed by atoms with Crippen LogP contribution in [-0.4, -0.2) is 3.21 Å². The molecule has 64 heavy (non-hydrogen) atoms. The summed E-state index contributed by atoms with van der Waals surface area (Å²) >= 11 is 1.46. The van der Waals surface area contributed by atoms with Crippen molar-refractivity contribution in [1.82, 2.24) is 0 Å². The second-order valence-corrected chi connectivity index (χ2v) is 16.6. The summed E-state index contributed by atoms with van der Waals surface area (Å²) in [6, 6.07) is 90.4. The Labute approximate surface area is 406 Å². The number of nitrogens with zero attached hydrogens (tertiary/aromatic N) is 2. The Bertz CT molecular complexity index is 2570. The molecule has 316 valence electrons. The zero-order valence-electron chi connectivity index (χ0n) is 35.7. The van der Waals surface area contributed by atoms with Crippen molar-refractivity contribution in [2.24, 2.45) is 0 Å². The molecule has 0 bridgehead atoms. The van der Waals surface area contributed by atoms with E-state index in [2.05, 4.69) is 234 Å². The third kappa shape index (κ3) is 13.2. The van der Waals surface area contributed by atoms with E-state index < -0.39 is 0 Å². The van der Waals surface area contributed by atoms with Gasteiger partial charge in [0.15, 0.2) is 0 Å². The van der Waals surface area contributed by atoms with Crippen LogP contribution < -0.4 is 34.6 Å². The molecule has 10 aromatic carbocycles. The molecule has 10 aromatic rings. The van der Waals surface area contributed by atoms with Gasteiger partial charge in [0, 0.05) is 37.6 Å². The Kier molecular flexibility index (Phi) is 18.3. The standard InChI is InChI=1S/C41H35N2.C13H10.C5H5.2ClH.Zr/c1-5-13-32(14-6-1)28-42(29-33-15-7-2-8-16-33)38-21-23-40-36(26-38)25-37-27-39(22-24-41(37)40)43(30-34-17-9-3-10-18-34)31-35-19-11-4-12-20-35;1-3-7-12(8-4-1)11-13-9-5-2-6-10-13;1-2-4-5-3-1;;;/h1-27H,28-31H2;1-10H;1-5H;2*1H;/q-1;;-1;;;+2/p-2. The predicted molar refractivity (Wildman–Crippen MR) is 261 cm³/mol. The van der Waals surface area contributed by atoms with Crippen molar-refractivity contribution in [3.63, 3.8) is 0 Å². The maximum absolute atomic E-state index is 2.48. The number of hydrogen-bond donors (Lipinski definition) is 0. The van der Waals surface area contributed by atoms with Crippen molar-refractivity contribution in [2.75, 3.05) is 9.80 Å². The third-order valence-corrected chi connectivity index (χ3v) is 12.4. The van der Waals surface area contributed by atoms with Crippen LogP contribution in [-0.2, 0) is 50.4 Å². The van der Waals surface area contributed by atoms with Gasteiger partial charge in [0.25, 0.3) is 0 Å². The van der Waals surface area contributed by atoms with Crippen LogP contribution in [0.5, 0.6) is 0 Å². The Morgan fingerprint density at radius 2 is 0.656 bits per heavy atom. The molecule has 0 N–H and O–H groups in total. The number of fused-ring (bicyclic) bond motifs is 3. The van der Waals surface area contributed by atoms with E-state index in [0.29, 0.717) is 0 Å². The zero-order chi connectivity index (χ0) is 42.2. The van der Waals surface area contributed by atoms with Crippen LogP contribution in [0.2, 0.25) is 0 Å². The topological polar surface area (TPSA) is 6.48 Å². The Morgan fingerprint density at radius 3 is 0.938 bits per heavy atom. The van der Waals surface area contributed by atoms with E-state index in [0.717, 1.165) is 26.2 Å². The maximum atomic E-state index is 2.48. The van der Waals surface area contributed by atoms with Crippen LogP contribution in [0.3, 0.4) is 0 Å². The van der Waals surface area contributed by atoms with Crippen LogP contribution in [0.4, 0.5) is 11.4 Å². The van der Waals surface area contributed by atoms with Crippen molar-refractivity contribution in [3.8, 4) is 0 Å². The molecule has 0 fully saturated rings. The second-order valence-electron chi connectivity index (χ2n) is 15.4. The fourth-order valence-corrected chi connectivity index (χ4v) is 8.60. The van der Waals surface area contributed by atoms with Crippen LogP contribution in [0.1, 0.15) is 33.4 Å². The maximum Gasteiger partial charge on any atom is 0.0427 e. The molecule has 0 aliphatic rings. The molecule has 10 rings (SSSR count). The molecule has 0 saturated carbocycles. The first-order valence-electron chi connectivity index (χ1n) is 21.3. The largest absolute Gasteiger partial charge is 0.369 e. The van der Waals surface area contributed by atoms with Crippen molar-refractivity contribution in [1.29, 1.82) is 0 Å². The molecular formula is C59H50Cl2N2Zr-2. The van der Waals surface area contributed by atoms with Gasteiger partial charge in [0.1, 0.15) is 0 Å². The zero-order valence-corrected chi connectivity index (χ0v) is 39.7. The monoisotopic (exact) mass is 946 g/mol. The van der Waals surface area contributed by atoms with E-state index in [1.54, 1.807) is 0 Å². The fourth-order valence-electron chi connectivity index (χ4n) is 7.78. The molecule has 0 radical (unpaired) electrons. The molecule has 0 aliphatic heterocycles. The van der Waals surface area contributed by atoms with Crippen molar-refractivity contribution in [2.45, 2.75) is 26.2 Å². The Balaban J connectivity index is 0.000000268. The van der Waals surface area contributed by atoms with Crippen LogP contribution >= 0.6 is 0 Å². The molecule has 0 heterocycles. The van der Waals surface area contributed by atoms with Crippen molar-refractivity contribution < 1.29 is 49.0 Å². The average Bonchev–Trinajstić information content (AvgIpc) is 4.05. The Morgan fingerprint density at radius 1 is 0.359 bits per heavy atom. The summed E-state index contributed by atoms with van der Waals surface area (Å²) in [5, 5.41) is 5.19. The number of halogens is 2. The Hall–Kier alpha value is -6.09. The third-order valence-electron chi connectivity index (χ3n) is 10.9. The van der Waals surface area contributed by atoms with Crippen molar-refractivity contribution in [3.05, 3.63) is 288 Å². The first-order chi connectivity index (χ1) is 30.7. The van der Waals surface area contributed by atoms with E-state index in [9.17, 15) is 0 Å². The SMILES string of the molecule is [Cl-].[Cl-].[Zr+2]=[C](c1ccccc1)c1ccccc1.c1cc[cH-]c1.c1ccc(CN(Cc2ccccc2)c2ccc3c(c2)[cH-]c2cc(N(Cc4ccccc4)Cc4ccccc4)ccc23)cc1. The van der Waals surface area contributed by atoms with E-state index in [-0.39, 0.29) is 24.8 Å². The molecular weight excluding hydrogens is 899 g/mol. The van der Waals surface area contributed by atoms with Gasteiger partial charge in [0.2, 0.25) is 0 Å². The van der Waals surface area contributed by atoms with Gasteiger partial charge in [-0.3, -0.25) is 0 Å². The minimum atomic E-state index is 0. The summed E-state index contributed by atoms with van der Waals surface area (Å²) in [5.41, 5.74) is 10.4. The minimum Gasteiger partial charge on any atom is -0.369 e. The molecule has 0 atom stereocenters. The molecule has 0 amide bonds. The first kappa shape index (κ1) is 47.4. The van der Waals surface area contributed by atoms with Crippen LogP contribution in [0, 0.1) is 0 Å². The summed E-state index contributed by atoms with van der Waals surface area (Å²) in [5.74, 6) is 0. The number of rotatable bonds is 12. The normalized spacial score (nSPS) is 10.3. The first-order valence-corrected chi connectivity index (χ1v) is 22.5. The molecule has 0 aliphatic carbocycles. The van der Waals surface area contributed by atoms with E-state index in [4.69, 9.17) is 0 Å². The number of anilines is 2. The molecule has 5 heteroatoms. The second kappa shape index (κ2) is 24.7. The molecule has 0 unspecified atom stereocenters. The fraction of sp³-hybridized carbons (Fsp3) is 0.0678. The van der Waals surface area contributed by atoms with Gasteiger partial charge in [-0.05, 0) is 22.3 Å². The summed E-state index contributed by atoms with van der Waals surface area (Å²) in [6.07, 6.45) is 0. The van der Waals surface area contributed by atoms with E-state index >= 15 is 0 Å². The van der Waals surface area contributed by atoms with Gasteiger partial charge in [-0.1, -0.05) is 158 Å². The van der Waals surface area contributed by atoms with E-state index in [1.165, 1.54) is 93.7 Å². The van der Waals surface area contributed by atoms with Gasteiger partial charge in [0.05, 0.1) is 0 Å². The molecule has 0 spiro atoms. The molecule has 0 aromatic heterocycles. The quantitative estimate of drug-likeness (QED) is 0.114. The van der Waals surface area contributed by atoms with Gasteiger partial charge in [-0.2, -0.15) is 18.2 Å². The number of hydrogen-bond acceptors (Lipinski definition) is 2. The smallest absolute Gasteiger partial charge is 0.0427 e. The molecule has 2 nitrogen and oxygen atoms in total. The van der Waals surface area contributed by atoms with Gasteiger partial charge in [-0.15, -0.1) is 27.6 Å². The summed E-state index contributed by atoms with van der Waals surface area (Å²) in [7, 11) is 0. The number of benzene rings is 8. The summed E-state index contributed by atoms with van der Waals surface area (Å²) < 4.78 is 1.42. The van der Waals surface area contributed by atoms with Crippen molar-refractivity contribution >= 4 is 36.1 Å². The van der Waals surface area contributed by atoms with E-state index in [1.807, 2.05) is 30.3 Å².